The van der Waals surface area contributed by atoms with Gasteiger partial charge in [-0.05, 0) is 30.7 Å². The molecule has 3 aromatic rings. The Bertz CT molecular complexity index is 827. The molecule has 0 aliphatic rings. The summed E-state index contributed by atoms with van der Waals surface area (Å²) < 4.78 is 6.72. The Morgan fingerprint density at radius 3 is 2.73 bits per heavy atom. The van der Waals surface area contributed by atoms with Crippen LogP contribution >= 0.6 is 0 Å². The lowest BCUT2D eigenvalue weighted by molar-refractivity contribution is 0.408. The third-order valence-electron chi connectivity index (χ3n) is 3.43. The van der Waals surface area contributed by atoms with E-state index in [1.54, 1.807) is 43.2 Å². The molecule has 6 heteroatoms. The Kier molecular flexibility index (Phi) is 3.50. The van der Waals surface area contributed by atoms with Crippen LogP contribution in [-0.4, -0.2) is 32.0 Å². The molecule has 1 N–H and O–H groups in total. The summed E-state index contributed by atoms with van der Waals surface area (Å²) >= 11 is 0. The first-order valence-electron chi connectivity index (χ1n) is 6.80. The van der Waals surface area contributed by atoms with Gasteiger partial charge < -0.3 is 9.84 Å². The Morgan fingerprint density at radius 1 is 1.23 bits per heavy atom. The lowest BCUT2D eigenvalue weighted by Gasteiger charge is -2.05. The van der Waals surface area contributed by atoms with E-state index < -0.39 is 0 Å². The molecule has 0 aliphatic heterocycles. The molecule has 22 heavy (non-hydrogen) atoms. The van der Waals surface area contributed by atoms with Crippen molar-refractivity contribution < 1.29 is 9.84 Å². The fraction of sp³-hybridized carbons (Fsp3) is 0.188. The number of phenols is 1. The van der Waals surface area contributed by atoms with Crippen molar-refractivity contribution in [3.8, 4) is 34.4 Å². The molecule has 2 aromatic heterocycles. The van der Waals surface area contributed by atoms with Gasteiger partial charge in [-0.3, -0.25) is 4.98 Å². The quantitative estimate of drug-likeness (QED) is 0.804. The van der Waals surface area contributed by atoms with Crippen molar-refractivity contribution >= 4 is 0 Å². The maximum atomic E-state index is 10.2. The van der Waals surface area contributed by atoms with Crippen LogP contribution in [0.4, 0.5) is 0 Å². The zero-order valence-electron chi connectivity index (χ0n) is 12.6. The Hall–Kier alpha value is -2.89. The molecule has 1 aromatic carbocycles. The molecule has 0 radical (unpaired) electrons. The van der Waals surface area contributed by atoms with E-state index >= 15 is 0 Å². The molecule has 112 valence electrons. The van der Waals surface area contributed by atoms with E-state index in [9.17, 15) is 5.11 Å². The molecule has 0 unspecified atom stereocenters. The second-order valence-corrected chi connectivity index (χ2v) is 4.93. The smallest absolute Gasteiger partial charge is 0.200 e. The van der Waals surface area contributed by atoms with Crippen molar-refractivity contribution in [2.45, 2.75) is 6.92 Å². The van der Waals surface area contributed by atoms with Crippen LogP contribution in [-0.2, 0) is 7.05 Å². The van der Waals surface area contributed by atoms with Crippen LogP contribution in [0.15, 0.2) is 36.5 Å². The first-order valence-corrected chi connectivity index (χ1v) is 6.80. The molecular formula is C16H16N4O2. The van der Waals surface area contributed by atoms with Crippen molar-refractivity contribution in [3.05, 3.63) is 42.1 Å². The van der Waals surface area contributed by atoms with Crippen LogP contribution in [0.3, 0.4) is 0 Å². The minimum atomic E-state index is 0.0964. The number of methoxy groups -OCH3 is 1. The highest BCUT2D eigenvalue weighted by molar-refractivity contribution is 5.67. The highest BCUT2D eigenvalue weighted by Crippen LogP contribution is 2.32. The molecule has 6 nitrogen and oxygen atoms in total. The highest BCUT2D eigenvalue weighted by Gasteiger charge is 2.16. The lowest BCUT2D eigenvalue weighted by atomic mass is 10.1. The van der Waals surface area contributed by atoms with E-state index in [1.807, 2.05) is 19.1 Å². The number of benzene rings is 1. The summed E-state index contributed by atoms with van der Waals surface area (Å²) in [6, 6.07) is 8.92. The molecule has 0 saturated carbocycles. The predicted molar refractivity (Wildman–Crippen MR) is 82.6 cm³/mol. The number of aryl methyl sites for hydroxylation is 2. The van der Waals surface area contributed by atoms with Crippen LogP contribution in [0.2, 0.25) is 0 Å². The number of hydrogen-bond donors (Lipinski definition) is 1. The van der Waals surface area contributed by atoms with Gasteiger partial charge in [0.25, 0.3) is 0 Å². The molecule has 0 saturated heterocycles. The second kappa shape index (κ2) is 5.48. The average Bonchev–Trinajstić information content (AvgIpc) is 2.89. The summed E-state index contributed by atoms with van der Waals surface area (Å²) in [6.07, 6.45) is 1.71. The van der Waals surface area contributed by atoms with Gasteiger partial charge in [0.15, 0.2) is 5.82 Å². The Labute approximate surface area is 128 Å². The molecule has 2 heterocycles. The predicted octanol–water partition coefficient (Wildman–Crippen LogP) is 2.57. The fourth-order valence-corrected chi connectivity index (χ4v) is 2.27. The van der Waals surface area contributed by atoms with Crippen LogP contribution in [0.25, 0.3) is 22.9 Å². The van der Waals surface area contributed by atoms with Crippen LogP contribution in [0.1, 0.15) is 5.56 Å². The topological polar surface area (TPSA) is 73.1 Å². The van der Waals surface area contributed by atoms with E-state index in [0.717, 1.165) is 11.3 Å². The van der Waals surface area contributed by atoms with Crippen molar-refractivity contribution in [1.29, 1.82) is 0 Å². The van der Waals surface area contributed by atoms with Crippen LogP contribution in [0.5, 0.6) is 11.5 Å². The van der Waals surface area contributed by atoms with Gasteiger partial charge in [0.05, 0.1) is 12.7 Å². The summed E-state index contributed by atoms with van der Waals surface area (Å²) in [5.41, 5.74) is 2.33. The number of aromatic hydroxyl groups is 1. The normalized spacial score (nSPS) is 10.7. The standard InChI is InChI=1S/C16H16N4O2/c1-10-5-4-8-17-14(10)15-18-16(20(2)19-15)12-7-6-11(22-3)9-13(12)21/h4-9,21H,1-3H3. The minimum Gasteiger partial charge on any atom is -0.507 e. The van der Waals surface area contributed by atoms with Gasteiger partial charge in [-0.15, -0.1) is 5.10 Å². The van der Waals surface area contributed by atoms with E-state index in [1.165, 1.54) is 0 Å². The number of aromatic nitrogens is 4. The first-order chi connectivity index (χ1) is 10.6. The SMILES string of the molecule is COc1ccc(-c2nc(-c3ncccc3C)nn2C)c(O)c1. The fourth-order valence-electron chi connectivity index (χ4n) is 2.27. The lowest BCUT2D eigenvalue weighted by Crippen LogP contribution is -1.95. The van der Waals surface area contributed by atoms with Crippen LogP contribution in [0, 0.1) is 6.92 Å². The summed E-state index contributed by atoms with van der Waals surface area (Å²) in [4.78, 5) is 8.84. The molecule has 0 spiro atoms. The van der Waals surface area contributed by atoms with E-state index in [-0.39, 0.29) is 5.75 Å². The van der Waals surface area contributed by atoms with Gasteiger partial charge >= 0.3 is 0 Å². The third-order valence-corrected chi connectivity index (χ3v) is 3.43. The minimum absolute atomic E-state index is 0.0964. The number of pyridine rings is 1. The van der Waals surface area contributed by atoms with Gasteiger partial charge in [-0.1, -0.05) is 6.07 Å². The number of hydrogen-bond acceptors (Lipinski definition) is 5. The van der Waals surface area contributed by atoms with Gasteiger partial charge in [0.1, 0.15) is 17.2 Å². The monoisotopic (exact) mass is 296 g/mol. The molecule has 0 atom stereocenters. The average molecular weight is 296 g/mol. The summed E-state index contributed by atoms with van der Waals surface area (Å²) in [5, 5.41) is 14.6. The molecule has 0 aliphatic carbocycles. The molecule has 0 fully saturated rings. The van der Waals surface area contributed by atoms with Crippen molar-refractivity contribution in [1.82, 2.24) is 19.7 Å². The number of ether oxygens (including phenoxy) is 1. The Morgan fingerprint density at radius 2 is 2.05 bits per heavy atom. The zero-order valence-corrected chi connectivity index (χ0v) is 12.6. The molecule has 0 bridgehead atoms. The summed E-state index contributed by atoms with van der Waals surface area (Å²) in [6.45, 7) is 1.96. The number of phenolic OH excluding ortho intramolecular Hbond substituents is 1. The van der Waals surface area contributed by atoms with E-state index in [4.69, 9.17) is 4.74 Å². The summed E-state index contributed by atoms with van der Waals surface area (Å²) in [7, 11) is 3.34. The molecule has 0 amide bonds. The first kappa shape index (κ1) is 14.1. The highest BCUT2D eigenvalue weighted by atomic mass is 16.5. The maximum Gasteiger partial charge on any atom is 0.200 e. The van der Waals surface area contributed by atoms with Gasteiger partial charge in [0.2, 0.25) is 5.82 Å². The van der Waals surface area contributed by atoms with E-state index in [0.29, 0.717) is 23.0 Å². The summed E-state index contributed by atoms with van der Waals surface area (Å²) in [5.74, 6) is 1.79. The largest absolute Gasteiger partial charge is 0.507 e. The van der Waals surface area contributed by atoms with E-state index in [2.05, 4.69) is 15.1 Å². The van der Waals surface area contributed by atoms with Crippen molar-refractivity contribution in [2.24, 2.45) is 7.05 Å². The number of rotatable bonds is 3. The third kappa shape index (κ3) is 2.39. The van der Waals surface area contributed by atoms with Gasteiger partial charge in [-0.25, -0.2) is 9.67 Å². The van der Waals surface area contributed by atoms with Crippen molar-refractivity contribution in [3.63, 3.8) is 0 Å². The number of nitrogens with zero attached hydrogens (tertiary/aromatic N) is 4. The molecular weight excluding hydrogens is 280 g/mol. The Balaban J connectivity index is 2.09. The molecule has 3 rings (SSSR count). The van der Waals surface area contributed by atoms with Gasteiger partial charge in [-0.2, -0.15) is 0 Å². The second-order valence-electron chi connectivity index (χ2n) is 4.93. The van der Waals surface area contributed by atoms with Crippen molar-refractivity contribution in [2.75, 3.05) is 7.11 Å². The van der Waals surface area contributed by atoms with Crippen LogP contribution < -0.4 is 4.74 Å². The zero-order chi connectivity index (χ0) is 15.7. The maximum absolute atomic E-state index is 10.2. The van der Waals surface area contributed by atoms with Gasteiger partial charge in [0, 0.05) is 19.3 Å².